The number of sulfone groups is 1. The van der Waals surface area contributed by atoms with Crippen LogP contribution in [0.4, 0.5) is 5.69 Å². The van der Waals surface area contributed by atoms with Gasteiger partial charge in [0, 0.05) is 31.6 Å². The van der Waals surface area contributed by atoms with E-state index in [2.05, 4.69) is 43.4 Å². The van der Waals surface area contributed by atoms with Gasteiger partial charge >= 0.3 is 0 Å². The molecule has 4 nitrogen and oxygen atoms in total. The standard InChI is InChI=1S/C16H28N2O2S/c1-5-11-17-16(6-2)14-7-9-15(10-8-14)18(3)12-13-21(4,19)20/h7-10,16-17H,5-6,11-13H2,1-4H3. The molecular formula is C16H28N2O2S. The number of nitrogens with zero attached hydrogens (tertiary/aromatic N) is 1. The van der Waals surface area contributed by atoms with Gasteiger partial charge in [0.15, 0.2) is 0 Å². The Hall–Kier alpha value is -1.07. The van der Waals surface area contributed by atoms with Crippen LogP contribution < -0.4 is 10.2 Å². The van der Waals surface area contributed by atoms with E-state index >= 15 is 0 Å². The minimum absolute atomic E-state index is 0.181. The molecule has 0 saturated heterocycles. The zero-order valence-corrected chi connectivity index (χ0v) is 14.4. The lowest BCUT2D eigenvalue weighted by molar-refractivity contribution is 0.518. The maximum Gasteiger partial charge on any atom is 0.149 e. The van der Waals surface area contributed by atoms with Gasteiger partial charge in [-0.3, -0.25) is 0 Å². The molecule has 1 N–H and O–H groups in total. The molecule has 0 heterocycles. The zero-order valence-electron chi connectivity index (χ0n) is 13.6. The van der Waals surface area contributed by atoms with Crippen molar-refractivity contribution in [2.24, 2.45) is 0 Å². The SMILES string of the molecule is CCCNC(CC)c1ccc(N(C)CCS(C)(=O)=O)cc1. The first-order chi connectivity index (χ1) is 9.87. The fourth-order valence-electron chi connectivity index (χ4n) is 2.21. The molecule has 0 aliphatic rings. The van der Waals surface area contributed by atoms with Crippen LogP contribution in [0.1, 0.15) is 38.3 Å². The summed E-state index contributed by atoms with van der Waals surface area (Å²) < 4.78 is 22.4. The summed E-state index contributed by atoms with van der Waals surface area (Å²) in [5.41, 5.74) is 2.33. The molecule has 0 aliphatic carbocycles. The van der Waals surface area contributed by atoms with Gasteiger partial charge in [-0.2, -0.15) is 0 Å². The second-order valence-electron chi connectivity index (χ2n) is 5.56. The highest BCUT2D eigenvalue weighted by molar-refractivity contribution is 7.90. The van der Waals surface area contributed by atoms with Crippen molar-refractivity contribution in [3.8, 4) is 0 Å². The molecule has 0 spiro atoms. The zero-order chi connectivity index (χ0) is 15.9. The largest absolute Gasteiger partial charge is 0.374 e. The first kappa shape index (κ1) is 18.0. The fourth-order valence-corrected chi connectivity index (χ4v) is 2.81. The summed E-state index contributed by atoms with van der Waals surface area (Å²) >= 11 is 0. The van der Waals surface area contributed by atoms with Crippen molar-refractivity contribution in [3.63, 3.8) is 0 Å². The molecule has 0 bridgehead atoms. The van der Waals surface area contributed by atoms with Gasteiger partial charge in [0.2, 0.25) is 0 Å². The molecule has 0 fully saturated rings. The highest BCUT2D eigenvalue weighted by atomic mass is 32.2. The third kappa shape index (κ3) is 6.48. The van der Waals surface area contributed by atoms with Crippen molar-refractivity contribution < 1.29 is 8.42 Å². The number of hydrogen-bond acceptors (Lipinski definition) is 4. The molecule has 21 heavy (non-hydrogen) atoms. The van der Waals surface area contributed by atoms with Crippen molar-refractivity contribution in [1.82, 2.24) is 5.32 Å². The summed E-state index contributed by atoms with van der Waals surface area (Å²) in [6.07, 6.45) is 3.46. The van der Waals surface area contributed by atoms with Gasteiger partial charge < -0.3 is 10.2 Å². The molecule has 1 atom stereocenters. The van der Waals surface area contributed by atoms with E-state index in [1.54, 1.807) is 0 Å². The van der Waals surface area contributed by atoms with E-state index in [9.17, 15) is 8.42 Å². The topological polar surface area (TPSA) is 49.4 Å². The van der Waals surface area contributed by atoms with Gasteiger partial charge in [0.25, 0.3) is 0 Å². The predicted molar refractivity (Wildman–Crippen MR) is 90.7 cm³/mol. The Morgan fingerprint density at radius 1 is 1.19 bits per heavy atom. The molecule has 5 heteroatoms. The lowest BCUT2D eigenvalue weighted by Gasteiger charge is -2.21. The molecule has 1 rings (SSSR count). The van der Waals surface area contributed by atoms with E-state index in [1.807, 2.05) is 11.9 Å². The second kappa shape index (κ2) is 8.39. The smallest absolute Gasteiger partial charge is 0.149 e. The number of nitrogens with one attached hydrogen (secondary N) is 1. The summed E-state index contributed by atoms with van der Waals surface area (Å²) in [5, 5.41) is 3.54. The van der Waals surface area contributed by atoms with Crippen molar-refractivity contribution in [1.29, 1.82) is 0 Å². The van der Waals surface area contributed by atoms with E-state index in [1.165, 1.54) is 11.8 Å². The second-order valence-corrected chi connectivity index (χ2v) is 7.82. The molecule has 0 saturated carbocycles. The van der Waals surface area contributed by atoms with Gasteiger partial charge in [0.05, 0.1) is 5.75 Å². The van der Waals surface area contributed by atoms with Crippen LogP contribution in [0.15, 0.2) is 24.3 Å². The van der Waals surface area contributed by atoms with Crippen LogP contribution in [0.25, 0.3) is 0 Å². The molecule has 0 amide bonds. The maximum atomic E-state index is 11.2. The average Bonchev–Trinajstić information content (AvgIpc) is 2.45. The number of rotatable bonds is 9. The van der Waals surface area contributed by atoms with Gasteiger partial charge in [-0.15, -0.1) is 0 Å². The number of benzene rings is 1. The Kier molecular flexibility index (Phi) is 7.18. The molecule has 0 aliphatic heterocycles. The molecule has 0 radical (unpaired) electrons. The fraction of sp³-hybridized carbons (Fsp3) is 0.625. The molecule has 1 unspecified atom stereocenters. The van der Waals surface area contributed by atoms with Crippen molar-refractivity contribution in [2.45, 2.75) is 32.7 Å². The number of hydrogen-bond donors (Lipinski definition) is 1. The van der Waals surface area contributed by atoms with Gasteiger partial charge in [0.1, 0.15) is 9.84 Å². The lowest BCUT2D eigenvalue weighted by Crippen LogP contribution is -2.25. The Bertz CT molecular complexity index is 512. The van der Waals surface area contributed by atoms with Crippen LogP contribution in [-0.2, 0) is 9.84 Å². The van der Waals surface area contributed by atoms with Crippen LogP contribution >= 0.6 is 0 Å². The Labute approximate surface area is 129 Å². The van der Waals surface area contributed by atoms with Gasteiger partial charge in [-0.05, 0) is 37.1 Å². The molecule has 120 valence electrons. The first-order valence-corrected chi connectivity index (χ1v) is 9.65. The Balaban J connectivity index is 2.67. The number of anilines is 1. The minimum Gasteiger partial charge on any atom is -0.374 e. The van der Waals surface area contributed by atoms with E-state index in [0.29, 0.717) is 12.6 Å². The monoisotopic (exact) mass is 312 g/mol. The van der Waals surface area contributed by atoms with Crippen LogP contribution in [0.5, 0.6) is 0 Å². The quantitative estimate of drug-likeness (QED) is 0.761. The Morgan fingerprint density at radius 2 is 1.81 bits per heavy atom. The normalized spacial score (nSPS) is 13.1. The van der Waals surface area contributed by atoms with E-state index in [4.69, 9.17) is 0 Å². The molecule has 1 aromatic rings. The van der Waals surface area contributed by atoms with E-state index < -0.39 is 9.84 Å². The summed E-state index contributed by atoms with van der Waals surface area (Å²) in [6.45, 7) is 5.89. The third-order valence-electron chi connectivity index (χ3n) is 3.58. The highest BCUT2D eigenvalue weighted by Gasteiger charge is 2.10. The maximum absolute atomic E-state index is 11.2. The van der Waals surface area contributed by atoms with E-state index in [0.717, 1.165) is 25.1 Å². The molecule has 1 aromatic carbocycles. The van der Waals surface area contributed by atoms with Gasteiger partial charge in [-0.25, -0.2) is 8.42 Å². The third-order valence-corrected chi connectivity index (χ3v) is 4.51. The van der Waals surface area contributed by atoms with E-state index in [-0.39, 0.29) is 5.75 Å². The van der Waals surface area contributed by atoms with Crippen LogP contribution in [0, 0.1) is 0 Å². The van der Waals surface area contributed by atoms with Crippen molar-refractivity contribution in [3.05, 3.63) is 29.8 Å². The summed E-state index contributed by atoms with van der Waals surface area (Å²) in [6, 6.07) is 8.77. The van der Waals surface area contributed by atoms with Crippen LogP contribution in [0.3, 0.4) is 0 Å². The molecule has 0 aromatic heterocycles. The highest BCUT2D eigenvalue weighted by Crippen LogP contribution is 2.20. The summed E-state index contributed by atoms with van der Waals surface area (Å²) in [7, 11) is -0.991. The van der Waals surface area contributed by atoms with Crippen molar-refractivity contribution >= 4 is 15.5 Å². The predicted octanol–water partition coefficient (Wildman–Crippen LogP) is 2.62. The van der Waals surface area contributed by atoms with Crippen LogP contribution in [0.2, 0.25) is 0 Å². The lowest BCUT2D eigenvalue weighted by atomic mass is 10.0. The molecular weight excluding hydrogens is 284 g/mol. The average molecular weight is 312 g/mol. The minimum atomic E-state index is -2.91. The van der Waals surface area contributed by atoms with Gasteiger partial charge in [-0.1, -0.05) is 26.0 Å². The first-order valence-electron chi connectivity index (χ1n) is 7.59. The Morgan fingerprint density at radius 3 is 2.29 bits per heavy atom. The summed E-state index contributed by atoms with van der Waals surface area (Å²) in [4.78, 5) is 1.98. The summed E-state index contributed by atoms with van der Waals surface area (Å²) in [5.74, 6) is 0.181. The van der Waals surface area contributed by atoms with Crippen molar-refractivity contribution in [2.75, 3.05) is 37.0 Å². The van der Waals surface area contributed by atoms with Crippen LogP contribution in [-0.4, -0.2) is 40.6 Å².